The van der Waals surface area contributed by atoms with E-state index >= 15 is 0 Å². The lowest BCUT2D eigenvalue weighted by molar-refractivity contribution is 0.00427. The quantitative estimate of drug-likeness (QED) is 0.240. The van der Waals surface area contributed by atoms with Crippen LogP contribution in [0.2, 0.25) is 0 Å². The summed E-state index contributed by atoms with van der Waals surface area (Å²) in [4.78, 5) is 42.3. The molecule has 2 amide bonds. The van der Waals surface area contributed by atoms with Gasteiger partial charge in [-0.15, -0.1) is 0 Å². The third-order valence-corrected chi connectivity index (χ3v) is 7.64. The van der Waals surface area contributed by atoms with Crippen molar-refractivity contribution in [2.24, 2.45) is 0 Å². The van der Waals surface area contributed by atoms with Gasteiger partial charge in [-0.1, -0.05) is 0 Å². The molecule has 11 heteroatoms. The minimum absolute atomic E-state index is 0.152. The van der Waals surface area contributed by atoms with Crippen LogP contribution < -0.4 is 19.1 Å². The molecule has 1 N–H and O–H groups in total. The molecule has 1 aliphatic rings. The largest absolute Gasteiger partial charge is 0.493 e. The van der Waals surface area contributed by atoms with Crippen LogP contribution in [0.4, 0.5) is 10.5 Å². The number of carbonyl (C=O) groups is 2. The van der Waals surface area contributed by atoms with Crippen molar-refractivity contribution in [3.63, 3.8) is 0 Å². The van der Waals surface area contributed by atoms with E-state index in [0.29, 0.717) is 40.7 Å². The lowest BCUT2D eigenvalue weighted by atomic mass is 9.91. The fourth-order valence-electron chi connectivity index (χ4n) is 5.10. The molecule has 0 spiro atoms. The molecule has 44 heavy (non-hydrogen) atoms. The number of methoxy groups -OCH3 is 3. The van der Waals surface area contributed by atoms with Crippen LogP contribution in [0.3, 0.4) is 0 Å². The average molecular weight is 602 g/mol. The summed E-state index contributed by atoms with van der Waals surface area (Å²) in [5.74, 6) is 1.08. The lowest BCUT2D eigenvalue weighted by Gasteiger charge is -2.38. The van der Waals surface area contributed by atoms with Crippen molar-refractivity contribution >= 4 is 28.7 Å². The van der Waals surface area contributed by atoms with Gasteiger partial charge in [-0.2, -0.15) is 0 Å². The Labute approximate surface area is 257 Å². The summed E-state index contributed by atoms with van der Waals surface area (Å²) < 4.78 is 22.0. The number of rotatable bonds is 9. The van der Waals surface area contributed by atoms with Crippen molar-refractivity contribution in [2.75, 3.05) is 33.3 Å². The van der Waals surface area contributed by atoms with Gasteiger partial charge in [0, 0.05) is 37.0 Å². The molecular formula is C33H39N5O6. The van der Waals surface area contributed by atoms with E-state index in [1.165, 1.54) is 26.2 Å². The minimum Gasteiger partial charge on any atom is -0.493 e. The third kappa shape index (κ3) is 6.41. The zero-order valence-electron chi connectivity index (χ0n) is 26.3. The number of aromatic nitrogens is 3. The number of fused-ring (bicyclic) bond motifs is 1. The normalized spacial score (nSPS) is 13.2. The van der Waals surface area contributed by atoms with Crippen LogP contribution in [0.1, 0.15) is 56.2 Å². The number of amides is 2. The smallest absolute Gasteiger partial charge is 0.410 e. The maximum Gasteiger partial charge on any atom is 0.410 e. The highest BCUT2D eigenvalue weighted by atomic mass is 16.6. The Bertz CT molecular complexity index is 1650. The first-order valence-electron chi connectivity index (χ1n) is 14.5. The first-order valence-corrected chi connectivity index (χ1v) is 14.5. The number of carbonyl (C=O) groups excluding carboxylic acids is 2. The maximum absolute atomic E-state index is 13.5. The number of aromatic amines is 1. The van der Waals surface area contributed by atoms with Crippen LogP contribution in [0.25, 0.3) is 22.3 Å². The maximum atomic E-state index is 13.5. The van der Waals surface area contributed by atoms with E-state index in [-0.39, 0.29) is 18.0 Å². The van der Waals surface area contributed by atoms with Gasteiger partial charge < -0.3 is 28.8 Å². The molecule has 4 aromatic rings. The molecule has 232 valence electrons. The molecule has 1 saturated carbocycles. The summed E-state index contributed by atoms with van der Waals surface area (Å²) in [6.45, 7) is 5.97. The van der Waals surface area contributed by atoms with Gasteiger partial charge in [0.15, 0.2) is 11.5 Å². The Hall–Kier alpha value is -4.80. The molecule has 0 aliphatic heterocycles. The number of pyridine rings is 2. The highest BCUT2D eigenvalue weighted by molar-refractivity contribution is 6.07. The van der Waals surface area contributed by atoms with Crippen molar-refractivity contribution in [1.82, 2.24) is 19.9 Å². The van der Waals surface area contributed by atoms with Crippen molar-refractivity contribution in [1.29, 1.82) is 0 Å². The summed E-state index contributed by atoms with van der Waals surface area (Å²) in [7, 11) is 6.26. The average Bonchev–Trinajstić information content (AvgIpc) is 3.41. The van der Waals surface area contributed by atoms with Crippen LogP contribution in [-0.2, 0) is 11.3 Å². The number of nitrogens with zero attached hydrogens (tertiary/aromatic N) is 4. The van der Waals surface area contributed by atoms with Crippen LogP contribution >= 0.6 is 0 Å². The Kier molecular flexibility index (Phi) is 8.66. The van der Waals surface area contributed by atoms with Crippen LogP contribution in [-0.4, -0.2) is 71.9 Å². The molecular weight excluding hydrogens is 562 g/mol. The standard InChI is InChI=1S/C33H39N5O6/c1-33(2,3)44-32(40)38(22-9-8-10-22)19-21-15-20(13-14-34-21)24-11-12-25-26(35-24)18-27(36-25)31(39)37(4)23-16-28(41-5)30(43-7)29(17-23)42-6/h11-18,22,36H,8-10,19H2,1-7H3. The van der Waals surface area contributed by atoms with E-state index in [9.17, 15) is 9.59 Å². The second-order valence-electron chi connectivity index (χ2n) is 11.8. The van der Waals surface area contributed by atoms with Gasteiger partial charge in [0.2, 0.25) is 5.75 Å². The second-order valence-corrected chi connectivity index (χ2v) is 11.8. The Morgan fingerprint density at radius 3 is 2.27 bits per heavy atom. The molecule has 0 unspecified atom stereocenters. The van der Waals surface area contributed by atoms with E-state index < -0.39 is 5.60 Å². The molecule has 11 nitrogen and oxygen atoms in total. The topological polar surface area (TPSA) is 119 Å². The van der Waals surface area contributed by atoms with Crippen molar-refractivity contribution in [3.05, 3.63) is 60.0 Å². The summed E-state index contributed by atoms with van der Waals surface area (Å²) in [5, 5.41) is 0. The van der Waals surface area contributed by atoms with E-state index in [1.54, 1.807) is 36.3 Å². The summed E-state index contributed by atoms with van der Waals surface area (Å²) in [6.07, 6.45) is 4.42. The Morgan fingerprint density at radius 2 is 1.68 bits per heavy atom. The van der Waals surface area contributed by atoms with Gasteiger partial charge in [0.25, 0.3) is 5.91 Å². The summed E-state index contributed by atoms with van der Waals surface area (Å²) >= 11 is 0. The van der Waals surface area contributed by atoms with Crippen LogP contribution in [0.5, 0.6) is 17.2 Å². The van der Waals surface area contributed by atoms with Gasteiger partial charge in [-0.3, -0.25) is 14.7 Å². The van der Waals surface area contributed by atoms with Gasteiger partial charge in [0.1, 0.15) is 11.3 Å². The fourth-order valence-corrected chi connectivity index (χ4v) is 5.10. The Morgan fingerprint density at radius 1 is 0.977 bits per heavy atom. The van der Waals surface area contributed by atoms with Crippen LogP contribution in [0.15, 0.2) is 48.7 Å². The number of H-pyrrole nitrogens is 1. The number of hydrogen-bond donors (Lipinski definition) is 1. The molecule has 0 saturated heterocycles. The monoisotopic (exact) mass is 601 g/mol. The molecule has 0 radical (unpaired) electrons. The predicted octanol–water partition coefficient (Wildman–Crippen LogP) is 6.22. The first-order chi connectivity index (χ1) is 21.0. The van der Waals surface area contributed by atoms with Gasteiger partial charge in [-0.05, 0) is 70.4 Å². The van der Waals surface area contributed by atoms with E-state index in [1.807, 2.05) is 45.0 Å². The lowest BCUT2D eigenvalue weighted by Crippen LogP contribution is -2.46. The fraction of sp³-hybridized carbons (Fsp3) is 0.394. The summed E-state index contributed by atoms with van der Waals surface area (Å²) in [6, 6.07) is 12.9. The molecule has 0 bridgehead atoms. The van der Waals surface area contributed by atoms with Crippen molar-refractivity contribution in [3.8, 4) is 28.5 Å². The molecule has 1 fully saturated rings. The van der Waals surface area contributed by atoms with Gasteiger partial charge in [0.05, 0.1) is 56.0 Å². The highest BCUT2D eigenvalue weighted by Crippen LogP contribution is 2.41. The third-order valence-electron chi connectivity index (χ3n) is 7.64. The number of hydrogen-bond acceptors (Lipinski definition) is 8. The number of nitrogens with one attached hydrogen (secondary N) is 1. The molecule has 1 aliphatic carbocycles. The van der Waals surface area contributed by atoms with Gasteiger partial charge >= 0.3 is 6.09 Å². The number of anilines is 1. The Balaban J connectivity index is 1.38. The van der Waals surface area contributed by atoms with E-state index in [4.69, 9.17) is 23.9 Å². The molecule has 3 aromatic heterocycles. The number of ether oxygens (including phenoxy) is 4. The molecule has 5 rings (SSSR count). The van der Waals surface area contributed by atoms with Crippen molar-refractivity contribution in [2.45, 2.75) is 58.2 Å². The SMILES string of the molecule is COc1cc(N(C)C(=O)c2cc3nc(-c4ccnc(CN(C(=O)OC(C)(C)C)C5CCC5)c4)ccc3[nH]2)cc(OC)c1OC. The predicted molar refractivity (Wildman–Crippen MR) is 168 cm³/mol. The zero-order valence-corrected chi connectivity index (χ0v) is 26.3. The first kappa shape index (κ1) is 30.7. The molecule has 0 atom stereocenters. The van der Waals surface area contributed by atoms with Crippen LogP contribution in [0, 0.1) is 0 Å². The van der Waals surface area contributed by atoms with E-state index in [2.05, 4.69) is 9.97 Å². The van der Waals surface area contributed by atoms with E-state index in [0.717, 1.165) is 41.7 Å². The highest BCUT2D eigenvalue weighted by Gasteiger charge is 2.32. The van der Waals surface area contributed by atoms with Crippen molar-refractivity contribution < 1.29 is 28.5 Å². The second kappa shape index (κ2) is 12.4. The van der Waals surface area contributed by atoms with Gasteiger partial charge in [-0.25, -0.2) is 9.78 Å². The number of benzene rings is 1. The summed E-state index contributed by atoms with van der Waals surface area (Å²) in [5.41, 5.74) is 4.08. The molecule has 3 heterocycles. The zero-order chi connectivity index (χ0) is 31.6. The minimum atomic E-state index is -0.576. The molecule has 1 aromatic carbocycles.